The van der Waals surface area contributed by atoms with Crippen molar-refractivity contribution in [3.8, 4) is 6.07 Å². The fourth-order valence-electron chi connectivity index (χ4n) is 2.29. The Hall–Kier alpha value is -3.79. The van der Waals surface area contributed by atoms with Crippen molar-refractivity contribution in [2.45, 2.75) is 13.5 Å². The highest BCUT2D eigenvalue weighted by Gasteiger charge is 2.11. The molecule has 0 aliphatic heterocycles. The third kappa shape index (κ3) is 4.39. The minimum absolute atomic E-state index is 0.260. The summed E-state index contributed by atoms with van der Waals surface area (Å²) in [7, 11) is 0. The van der Waals surface area contributed by atoms with Gasteiger partial charge in [-0.05, 0) is 42.8 Å². The monoisotopic (exact) mass is 344 g/mol. The number of carbonyl (C=O) groups is 1. The molecule has 0 saturated carbocycles. The number of amides is 1. The number of carbonyl (C=O) groups excluding carboxylic acids is 1. The molecule has 2 heterocycles. The quantitative estimate of drug-likeness (QED) is 0.737. The van der Waals surface area contributed by atoms with E-state index >= 15 is 0 Å². The molecule has 7 heteroatoms. The number of benzene rings is 1. The van der Waals surface area contributed by atoms with Crippen molar-refractivity contribution in [1.82, 2.24) is 15.0 Å². The van der Waals surface area contributed by atoms with Gasteiger partial charge in [0, 0.05) is 30.7 Å². The number of rotatable bonds is 5. The summed E-state index contributed by atoms with van der Waals surface area (Å²) in [5, 5.41) is 14.7. The summed E-state index contributed by atoms with van der Waals surface area (Å²) in [4.78, 5) is 25.0. The molecule has 0 aliphatic carbocycles. The molecule has 2 aromatic heterocycles. The average molecular weight is 344 g/mol. The second-order valence-corrected chi connectivity index (χ2v) is 5.54. The van der Waals surface area contributed by atoms with Crippen molar-refractivity contribution >= 4 is 17.4 Å². The van der Waals surface area contributed by atoms with E-state index in [2.05, 4.69) is 25.6 Å². The highest BCUT2D eigenvalue weighted by atomic mass is 16.1. The number of hydrogen-bond donors (Lipinski definition) is 2. The number of aromatic nitrogens is 3. The van der Waals surface area contributed by atoms with E-state index in [4.69, 9.17) is 5.26 Å². The van der Waals surface area contributed by atoms with Gasteiger partial charge in [-0.25, -0.2) is 9.97 Å². The summed E-state index contributed by atoms with van der Waals surface area (Å²) in [5.41, 5.74) is 2.39. The zero-order chi connectivity index (χ0) is 18.4. The van der Waals surface area contributed by atoms with Crippen LogP contribution in [-0.4, -0.2) is 20.9 Å². The molecule has 128 valence electrons. The second-order valence-electron chi connectivity index (χ2n) is 5.54. The Balaban J connectivity index is 1.71. The first kappa shape index (κ1) is 17.0. The highest BCUT2D eigenvalue weighted by Crippen LogP contribution is 2.13. The number of nitrogens with zero attached hydrogens (tertiary/aromatic N) is 4. The fourth-order valence-corrected chi connectivity index (χ4v) is 2.29. The minimum Gasteiger partial charge on any atom is -0.366 e. The van der Waals surface area contributed by atoms with E-state index in [0.29, 0.717) is 29.4 Å². The highest BCUT2D eigenvalue weighted by molar-refractivity contribution is 6.03. The van der Waals surface area contributed by atoms with Gasteiger partial charge in [0.2, 0.25) is 0 Å². The molecule has 3 aromatic rings. The molecular weight excluding hydrogens is 328 g/mol. The number of nitrogens with one attached hydrogen (secondary N) is 2. The third-order valence-electron chi connectivity index (χ3n) is 3.54. The van der Waals surface area contributed by atoms with E-state index in [1.165, 1.54) is 0 Å². The van der Waals surface area contributed by atoms with Gasteiger partial charge >= 0.3 is 0 Å². The molecular formula is C19H16N6O. The van der Waals surface area contributed by atoms with Crippen molar-refractivity contribution in [3.05, 3.63) is 77.5 Å². The van der Waals surface area contributed by atoms with Gasteiger partial charge < -0.3 is 10.6 Å². The molecule has 0 radical (unpaired) electrons. The fraction of sp³-hybridized carbons (Fsp3) is 0.105. The smallest absolute Gasteiger partial charge is 0.274 e. The summed E-state index contributed by atoms with van der Waals surface area (Å²) in [5.74, 6) is 0.710. The van der Waals surface area contributed by atoms with Crippen LogP contribution in [0.3, 0.4) is 0 Å². The molecule has 0 fully saturated rings. The molecule has 26 heavy (non-hydrogen) atoms. The Bertz CT molecular complexity index is 948. The second kappa shape index (κ2) is 7.85. The Morgan fingerprint density at radius 2 is 2.00 bits per heavy atom. The molecule has 0 atom stereocenters. The van der Waals surface area contributed by atoms with Gasteiger partial charge in [0.25, 0.3) is 5.91 Å². The van der Waals surface area contributed by atoms with Gasteiger partial charge in [-0.2, -0.15) is 5.26 Å². The summed E-state index contributed by atoms with van der Waals surface area (Å²) in [6.07, 6.45) is 3.48. The molecule has 0 aliphatic rings. The first-order valence-electron chi connectivity index (χ1n) is 7.94. The molecule has 0 bridgehead atoms. The van der Waals surface area contributed by atoms with Crippen molar-refractivity contribution in [1.29, 1.82) is 5.26 Å². The van der Waals surface area contributed by atoms with Crippen LogP contribution in [0.25, 0.3) is 0 Å². The predicted octanol–water partition coefficient (Wildman–Crippen LogP) is 2.92. The average Bonchev–Trinajstić information content (AvgIpc) is 2.67. The maximum Gasteiger partial charge on any atom is 0.274 e. The standard InChI is InChI=1S/C19H16N6O/c1-13-23-17(19(26)25-16-6-4-14(10-20)5-7-16)9-18(24-13)22-12-15-3-2-8-21-11-15/h2-9,11H,12H2,1H3,(H,25,26)(H,22,23,24). The minimum atomic E-state index is -0.343. The predicted molar refractivity (Wildman–Crippen MR) is 97.4 cm³/mol. The zero-order valence-corrected chi connectivity index (χ0v) is 14.1. The summed E-state index contributed by atoms with van der Waals surface area (Å²) >= 11 is 0. The molecule has 0 spiro atoms. The van der Waals surface area contributed by atoms with Gasteiger partial charge in [-0.15, -0.1) is 0 Å². The van der Waals surface area contributed by atoms with Gasteiger partial charge in [-0.1, -0.05) is 6.07 Å². The lowest BCUT2D eigenvalue weighted by Crippen LogP contribution is -2.15. The molecule has 0 saturated heterocycles. The summed E-state index contributed by atoms with van der Waals surface area (Å²) < 4.78 is 0. The van der Waals surface area contributed by atoms with E-state index in [1.807, 2.05) is 18.2 Å². The zero-order valence-electron chi connectivity index (χ0n) is 14.1. The Morgan fingerprint density at radius 1 is 1.19 bits per heavy atom. The number of nitriles is 1. The topological polar surface area (TPSA) is 104 Å². The maximum atomic E-state index is 12.4. The molecule has 1 aromatic carbocycles. The number of aryl methyl sites for hydroxylation is 1. The van der Waals surface area contributed by atoms with Crippen molar-refractivity contribution in [3.63, 3.8) is 0 Å². The van der Waals surface area contributed by atoms with E-state index in [1.54, 1.807) is 49.6 Å². The van der Waals surface area contributed by atoms with Crippen LogP contribution >= 0.6 is 0 Å². The Morgan fingerprint density at radius 3 is 2.69 bits per heavy atom. The van der Waals surface area contributed by atoms with E-state index < -0.39 is 0 Å². The summed E-state index contributed by atoms with van der Waals surface area (Å²) in [6, 6.07) is 14.1. The SMILES string of the molecule is Cc1nc(NCc2cccnc2)cc(C(=O)Nc2ccc(C#N)cc2)n1. The van der Waals surface area contributed by atoms with Crippen LogP contribution in [0.2, 0.25) is 0 Å². The van der Waals surface area contributed by atoms with Crippen LogP contribution in [0.4, 0.5) is 11.5 Å². The van der Waals surface area contributed by atoms with Crippen LogP contribution in [0.5, 0.6) is 0 Å². The number of anilines is 2. The van der Waals surface area contributed by atoms with Gasteiger partial charge in [0.05, 0.1) is 11.6 Å². The van der Waals surface area contributed by atoms with Crippen molar-refractivity contribution < 1.29 is 4.79 Å². The first-order valence-corrected chi connectivity index (χ1v) is 7.94. The van der Waals surface area contributed by atoms with Crippen LogP contribution in [0.1, 0.15) is 27.4 Å². The van der Waals surface area contributed by atoms with Crippen molar-refractivity contribution in [2.75, 3.05) is 10.6 Å². The molecule has 3 rings (SSSR count). The van der Waals surface area contributed by atoms with Crippen LogP contribution in [0.15, 0.2) is 54.9 Å². The van der Waals surface area contributed by atoms with Crippen LogP contribution in [0, 0.1) is 18.3 Å². The Labute approximate surface area is 150 Å². The van der Waals surface area contributed by atoms with Gasteiger partial charge in [0.1, 0.15) is 17.3 Å². The number of pyridine rings is 1. The lowest BCUT2D eigenvalue weighted by atomic mass is 10.2. The van der Waals surface area contributed by atoms with Gasteiger partial charge in [0.15, 0.2) is 0 Å². The number of hydrogen-bond acceptors (Lipinski definition) is 6. The van der Waals surface area contributed by atoms with E-state index in [9.17, 15) is 4.79 Å². The maximum absolute atomic E-state index is 12.4. The third-order valence-corrected chi connectivity index (χ3v) is 3.54. The molecule has 1 amide bonds. The van der Waals surface area contributed by atoms with Gasteiger partial charge in [-0.3, -0.25) is 9.78 Å². The Kier molecular flexibility index (Phi) is 5.15. The largest absolute Gasteiger partial charge is 0.366 e. The molecule has 7 nitrogen and oxygen atoms in total. The van der Waals surface area contributed by atoms with Crippen LogP contribution < -0.4 is 10.6 Å². The molecule has 2 N–H and O–H groups in total. The lowest BCUT2D eigenvalue weighted by molar-refractivity contribution is 0.102. The normalized spacial score (nSPS) is 10.0. The summed E-state index contributed by atoms with van der Waals surface area (Å²) in [6.45, 7) is 2.27. The van der Waals surface area contributed by atoms with E-state index in [-0.39, 0.29) is 11.6 Å². The van der Waals surface area contributed by atoms with E-state index in [0.717, 1.165) is 5.56 Å². The molecule has 0 unspecified atom stereocenters. The van der Waals surface area contributed by atoms with Crippen LogP contribution in [-0.2, 0) is 6.54 Å². The lowest BCUT2D eigenvalue weighted by Gasteiger charge is -2.09. The van der Waals surface area contributed by atoms with Crippen molar-refractivity contribution in [2.24, 2.45) is 0 Å². The first-order chi connectivity index (χ1) is 12.6.